The van der Waals surface area contributed by atoms with Crippen LogP contribution in [0.4, 0.5) is 5.13 Å². The van der Waals surface area contributed by atoms with Crippen LogP contribution in [0, 0.1) is 0 Å². The van der Waals surface area contributed by atoms with Crippen molar-refractivity contribution in [2.75, 3.05) is 5.73 Å². The Morgan fingerprint density at radius 1 is 1.30 bits per heavy atom. The lowest BCUT2D eigenvalue weighted by molar-refractivity contribution is -0.120. The van der Waals surface area contributed by atoms with Crippen molar-refractivity contribution in [2.24, 2.45) is 0 Å². The predicted molar refractivity (Wildman–Crippen MR) is 82.6 cm³/mol. The molecule has 1 aromatic carbocycles. The van der Waals surface area contributed by atoms with Crippen LogP contribution in [0.3, 0.4) is 0 Å². The first-order valence-electron chi connectivity index (χ1n) is 6.17. The first kappa shape index (κ1) is 14.8. The molecule has 1 heterocycles. The number of nitrogens with one attached hydrogen (secondary N) is 1. The van der Waals surface area contributed by atoms with Crippen molar-refractivity contribution in [3.05, 3.63) is 35.9 Å². The molecule has 0 saturated heterocycles. The minimum Gasteiger partial charge on any atom is -0.374 e. The second-order valence-corrected chi connectivity index (χ2v) is 6.90. The molecule has 20 heavy (non-hydrogen) atoms. The quantitative estimate of drug-likeness (QED) is 0.829. The number of amides is 1. The molecule has 1 amide bonds. The standard InChI is InChI=1S/C13H16N4OS2/c1-8(10-6-4-3-5-7-10)15-11(18)9(2)19-13-17-16-12(14)20-13/h3-9H,1-2H3,(H2,14,16)(H,15,18). The number of rotatable bonds is 5. The largest absolute Gasteiger partial charge is 0.374 e. The summed E-state index contributed by atoms with van der Waals surface area (Å²) in [5, 5.41) is 10.8. The van der Waals surface area contributed by atoms with Crippen LogP contribution in [0.2, 0.25) is 0 Å². The van der Waals surface area contributed by atoms with Gasteiger partial charge in [-0.3, -0.25) is 4.79 Å². The van der Waals surface area contributed by atoms with Gasteiger partial charge in [-0.05, 0) is 19.4 Å². The van der Waals surface area contributed by atoms with Crippen molar-refractivity contribution in [1.82, 2.24) is 15.5 Å². The van der Waals surface area contributed by atoms with Crippen LogP contribution in [0.1, 0.15) is 25.5 Å². The molecule has 0 fully saturated rings. The number of thioether (sulfide) groups is 1. The predicted octanol–water partition coefficient (Wildman–Crippen LogP) is 2.48. The number of aromatic nitrogens is 2. The van der Waals surface area contributed by atoms with E-state index in [1.165, 1.54) is 23.1 Å². The van der Waals surface area contributed by atoms with E-state index in [1.54, 1.807) is 0 Å². The van der Waals surface area contributed by atoms with Crippen molar-refractivity contribution >= 4 is 34.1 Å². The number of nitrogen functional groups attached to an aromatic ring is 1. The van der Waals surface area contributed by atoms with Crippen LogP contribution in [-0.4, -0.2) is 21.4 Å². The third kappa shape index (κ3) is 3.94. The van der Waals surface area contributed by atoms with Gasteiger partial charge >= 0.3 is 0 Å². The Bertz CT molecular complexity index is 573. The highest BCUT2D eigenvalue weighted by molar-refractivity contribution is 8.02. The van der Waals surface area contributed by atoms with Gasteiger partial charge in [-0.1, -0.05) is 53.4 Å². The van der Waals surface area contributed by atoms with Crippen LogP contribution < -0.4 is 11.1 Å². The molecular weight excluding hydrogens is 292 g/mol. The Morgan fingerprint density at radius 3 is 2.60 bits per heavy atom. The topological polar surface area (TPSA) is 80.9 Å². The summed E-state index contributed by atoms with van der Waals surface area (Å²) in [5.41, 5.74) is 6.60. The molecule has 2 rings (SSSR count). The van der Waals surface area contributed by atoms with Gasteiger partial charge in [0.25, 0.3) is 0 Å². The minimum absolute atomic E-state index is 0.0220. The van der Waals surface area contributed by atoms with Gasteiger partial charge in [-0.25, -0.2) is 0 Å². The lowest BCUT2D eigenvalue weighted by Gasteiger charge is -2.16. The molecule has 0 aliphatic heterocycles. The van der Waals surface area contributed by atoms with E-state index in [9.17, 15) is 4.79 Å². The van der Waals surface area contributed by atoms with E-state index in [-0.39, 0.29) is 17.2 Å². The molecule has 2 unspecified atom stereocenters. The van der Waals surface area contributed by atoms with Gasteiger partial charge in [-0.2, -0.15) is 0 Å². The SMILES string of the molecule is CC(Sc1nnc(N)s1)C(=O)NC(C)c1ccccc1. The summed E-state index contributed by atoms with van der Waals surface area (Å²) in [6.07, 6.45) is 0. The molecule has 3 N–H and O–H groups in total. The van der Waals surface area contributed by atoms with Crippen LogP contribution in [-0.2, 0) is 4.79 Å². The molecule has 106 valence electrons. The van der Waals surface area contributed by atoms with Gasteiger partial charge < -0.3 is 11.1 Å². The monoisotopic (exact) mass is 308 g/mol. The maximum atomic E-state index is 12.1. The van der Waals surface area contributed by atoms with E-state index in [4.69, 9.17) is 5.73 Å². The summed E-state index contributed by atoms with van der Waals surface area (Å²) in [7, 11) is 0. The Hall–Kier alpha value is -1.60. The van der Waals surface area contributed by atoms with Gasteiger partial charge in [0.1, 0.15) is 0 Å². The number of nitrogens with two attached hydrogens (primary N) is 1. The maximum absolute atomic E-state index is 12.1. The highest BCUT2D eigenvalue weighted by atomic mass is 32.2. The molecule has 2 atom stereocenters. The fourth-order valence-electron chi connectivity index (χ4n) is 1.63. The zero-order valence-electron chi connectivity index (χ0n) is 11.2. The Kier molecular flexibility index (Phi) is 4.97. The normalized spacial score (nSPS) is 13.7. The summed E-state index contributed by atoms with van der Waals surface area (Å²) < 4.78 is 0.706. The molecule has 0 aliphatic carbocycles. The highest BCUT2D eigenvalue weighted by Gasteiger charge is 2.18. The van der Waals surface area contributed by atoms with Gasteiger partial charge in [-0.15, -0.1) is 10.2 Å². The molecule has 2 aromatic rings. The number of carbonyl (C=O) groups excluding carboxylic acids is 1. The molecular formula is C13H16N4OS2. The van der Waals surface area contributed by atoms with Crippen molar-refractivity contribution in [3.8, 4) is 0 Å². The third-order valence-electron chi connectivity index (χ3n) is 2.73. The number of benzene rings is 1. The van der Waals surface area contributed by atoms with E-state index < -0.39 is 0 Å². The second-order valence-electron chi connectivity index (χ2n) is 4.31. The van der Waals surface area contributed by atoms with Gasteiger partial charge in [0, 0.05) is 0 Å². The number of nitrogens with zero attached hydrogens (tertiary/aromatic N) is 2. The van der Waals surface area contributed by atoms with E-state index in [0.29, 0.717) is 9.47 Å². The summed E-state index contributed by atoms with van der Waals surface area (Å²) >= 11 is 2.65. The second kappa shape index (κ2) is 6.71. The lowest BCUT2D eigenvalue weighted by Crippen LogP contribution is -2.33. The Balaban J connectivity index is 1.91. The molecule has 0 aliphatic rings. The number of anilines is 1. The smallest absolute Gasteiger partial charge is 0.233 e. The van der Waals surface area contributed by atoms with Crippen LogP contribution in [0.25, 0.3) is 0 Å². The van der Waals surface area contributed by atoms with Crippen molar-refractivity contribution in [3.63, 3.8) is 0 Å². The lowest BCUT2D eigenvalue weighted by atomic mass is 10.1. The number of hydrogen-bond donors (Lipinski definition) is 2. The average Bonchev–Trinajstić information content (AvgIpc) is 2.85. The zero-order chi connectivity index (χ0) is 14.5. The van der Waals surface area contributed by atoms with Crippen molar-refractivity contribution < 1.29 is 4.79 Å². The van der Waals surface area contributed by atoms with E-state index >= 15 is 0 Å². The third-order valence-corrected chi connectivity index (χ3v) is 4.66. The van der Waals surface area contributed by atoms with E-state index in [0.717, 1.165) is 5.56 Å². The Labute approximate surface area is 126 Å². The van der Waals surface area contributed by atoms with Crippen molar-refractivity contribution in [2.45, 2.75) is 29.5 Å². The molecule has 0 saturated carbocycles. The van der Waals surface area contributed by atoms with Crippen LogP contribution in [0.5, 0.6) is 0 Å². The average molecular weight is 308 g/mol. The molecule has 0 spiro atoms. The first-order chi connectivity index (χ1) is 9.56. The Morgan fingerprint density at radius 2 is 2.00 bits per heavy atom. The summed E-state index contributed by atoms with van der Waals surface area (Å²) in [5.74, 6) is -0.0277. The van der Waals surface area contributed by atoms with Gasteiger partial charge in [0.15, 0.2) is 4.34 Å². The number of carbonyl (C=O) groups is 1. The van der Waals surface area contributed by atoms with E-state index in [2.05, 4.69) is 15.5 Å². The molecule has 0 radical (unpaired) electrons. The van der Waals surface area contributed by atoms with Crippen LogP contribution >= 0.6 is 23.1 Å². The molecule has 7 heteroatoms. The number of hydrogen-bond acceptors (Lipinski definition) is 6. The summed E-state index contributed by atoms with van der Waals surface area (Å²) in [4.78, 5) is 12.1. The fraction of sp³-hybridized carbons (Fsp3) is 0.308. The summed E-state index contributed by atoms with van der Waals surface area (Å²) in [6.45, 7) is 3.81. The first-order valence-corrected chi connectivity index (χ1v) is 7.87. The van der Waals surface area contributed by atoms with Gasteiger partial charge in [0.2, 0.25) is 11.0 Å². The fourth-order valence-corrected chi connectivity index (χ4v) is 3.42. The van der Waals surface area contributed by atoms with Crippen molar-refractivity contribution in [1.29, 1.82) is 0 Å². The summed E-state index contributed by atoms with van der Waals surface area (Å²) in [6, 6.07) is 9.84. The zero-order valence-corrected chi connectivity index (χ0v) is 12.9. The maximum Gasteiger partial charge on any atom is 0.233 e. The van der Waals surface area contributed by atoms with Gasteiger partial charge in [0.05, 0.1) is 11.3 Å². The minimum atomic E-state index is -0.242. The molecule has 0 bridgehead atoms. The van der Waals surface area contributed by atoms with E-state index in [1.807, 2.05) is 44.2 Å². The van der Waals surface area contributed by atoms with Crippen LogP contribution in [0.15, 0.2) is 34.7 Å². The highest BCUT2D eigenvalue weighted by Crippen LogP contribution is 2.27. The molecule has 5 nitrogen and oxygen atoms in total. The molecule has 1 aromatic heterocycles.